The Labute approximate surface area is 105 Å². The van der Waals surface area contributed by atoms with E-state index >= 15 is 0 Å². The molecule has 1 aliphatic heterocycles. The molecule has 0 amide bonds. The third-order valence-electron chi connectivity index (χ3n) is 3.48. The Kier molecular flexibility index (Phi) is 2.68. The number of aromatic nitrogens is 3. The van der Waals surface area contributed by atoms with E-state index in [4.69, 9.17) is 15.2 Å². The minimum atomic E-state index is -0.320. The van der Waals surface area contributed by atoms with E-state index in [-0.39, 0.29) is 5.60 Å². The van der Waals surface area contributed by atoms with E-state index in [1.54, 1.807) is 13.3 Å². The number of imidazole rings is 1. The molecule has 1 fully saturated rings. The van der Waals surface area contributed by atoms with E-state index in [2.05, 4.69) is 9.97 Å². The van der Waals surface area contributed by atoms with Gasteiger partial charge in [-0.1, -0.05) is 0 Å². The lowest BCUT2D eigenvalue weighted by atomic mass is 10.0. The molecule has 0 radical (unpaired) electrons. The topological polar surface area (TPSA) is 75.2 Å². The standard InChI is InChI=1S/C12H16N4O2/c1-17-12(4-6-18-8-12)7-16-10-9(15-11(16)13)3-2-5-14-10/h2-3,5H,4,6-8H2,1H3,(H2,13,15). The SMILES string of the molecule is COC1(Cn2c(N)nc3cccnc32)CCOC1. The van der Waals surface area contributed by atoms with Crippen LogP contribution in [0.5, 0.6) is 0 Å². The van der Waals surface area contributed by atoms with Crippen molar-refractivity contribution in [2.45, 2.75) is 18.6 Å². The van der Waals surface area contributed by atoms with E-state index in [1.807, 2.05) is 16.7 Å². The number of rotatable bonds is 3. The molecule has 2 aromatic heterocycles. The third kappa shape index (κ3) is 1.74. The minimum Gasteiger partial charge on any atom is -0.378 e. The summed E-state index contributed by atoms with van der Waals surface area (Å²) in [6.45, 7) is 1.91. The molecule has 2 aromatic rings. The molecule has 0 saturated carbocycles. The number of nitrogen functional groups attached to an aromatic ring is 1. The second-order valence-corrected chi connectivity index (χ2v) is 4.59. The number of anilines is 1. The molecule has 0 aromatic carbocycles. The first kappa shape index (κ1) is 11.4. The number of methoxy groups -OCH3 is 1. The molecule has 1 saturated heterocycles. The van der Waals surface area contributed by atoms with Crippen LogP contribution >= 0.6 is 0 Å². The zero-order valence-corrected chi connectivity index (χ0v) is 10.3. The highest BCUT2D eigenvalue weighted by molar-refractivity contribution is 5.73. The van der Waals surface area contributed by atoms with Crippen LogP contribution in [0.3, 0.4) is 0 Å². The normalized spacial score (nSPS) is 23.8. The highest BCUT2D eigenvalue weighted by atomic mass is 16.5. The summed E-state index contributed by atoms with van der Waals surface area (Å²) in [6.07, 6.45) is 2.60. The molecule has 1 atom stereocenters. The largest absolute Gasteiger partial charge is 0.378 e. The van der Waals surface area contributed by atoms with Crippen molar-refractivity contribution in [2.75, 3.05) is 26.1 Å². The van der Waals surface area contributed by atoms with Crippen LogP contribution in [0.15, 0.2) is 18.3 Å². The predicted octanol–water partition coefficient (Wildman–Crippen LogP) is 0.819. The Morgan fingerprint density at radius 1 is 1.61 bits per heavy atom. The lowest BCUT2D eigenvalue weighted by molar-refractivity contribution is -0.0284. The number of hydrogen-bond donors (Lipinski definition) is 1. The van der Waals surface area contributed by atoms with Gasteiger partial charge in [-0.25, -0.2) is 9.97 Å². The molecule has 0 aliphatic carbocycles. The summed E-state index contributed by atoms with van der Waals surface area (Å²) in [5, 5.41) is 0. The molecule has 1 unspecified atom stereocenters. The van der Waals surface area contributed by atoms with Gasteiger partial charge in [0.2, 0.25) is 5.95 Å². The quantitative estimate of drug-likeness (QED) is 0.870. The molecule has 6 heteroatoms. The first-order valence-corrected chi connectivity index (χ1v) is 5.94. The fourth-order valence-corrected chi connectivity index (χ4v) is 2.36. The fourth-order valence-electron chi connectivity index (χ4n) is 2.36. The highest BCUT2D eigenvalue weighted by Crippen LogP contribution is 2.27. The van der Waals surface area contributed by atoms with Crippen molar-refractivity contribution in [1.82, 2.24) is 14.5 Å². The van der Waals surface area contributed by atoms with E-state index in [9.17, 15) is 0 Å². The minimum absolute atomic E-state index is 0.320. The van der Waals surface area contributed by atoms with Gasteiger partial charge < -0.3 is 15.2 Å². The first-order chi connectivity index (χ1) is 8.74. The van der Waals surface area contributed by atoms with Crippen molar-refractivity contribution < 1.29 is 9.47 Å². The van der Waals surface area contributed by atoms with E-state index in [1.165, 1.54) is 0 Å². The lowest BCUT2D eigenvalue weighted by Crippen LogP contribution is -2.37. The van der Waals surface area contributed by atoms with Crippen molar-refractivity contribution >= 4 is 17.1 Å². The van der Waals surface area contributed by atoms with Crippen molar-refractivity contribution in [3.63, 3.8) is 0 Å². The lowest BCUT2D eigenvalue weighted by Gasteiger charge is -2.26. The smallest absolute Gasteiger partial charge is 0.202 e. The monoisotopic (exact) mass is 248 g/mol. The zero-order valence-electron chi connectivity index (χ0n) is 10.3. The number of fused-ring (bicyclic) bond motifs is 1. The average molecular weight is 248 g/mol. The summed E-state index contributed by atoms with van der Waals surface area (Å²) < 4.78 is 12.9. The van der Waals surface area contributed by atoms with Crippen LogP contribution < -0.4 is 5.73 Å². The van der Waals surface area contributed by atoms with Gasteiger partial charge in [-0.2, -0.15) is 0 Å². The Morgan fingerprint density at radius 3 is 3.22 bits per heavy atom. The Bertz CT molecular complexity index is 560. The maximum Gasteiger partial charge on any atom is 0.202 e. The molecule has 18 heavy (non-hydrogen) atoms. The second kappa shape index (κ2) is 4.22. The number of nitrogens with two attached hydrogens (primary N) is 1. The van der Waals surface area contributed by atoms with Crippen LogP contribution in [0.4, 0.5) is 5.95 Å². The molecule has 1 aliphatic rings. The summed E-state index contributed by atoms with van der Waals surface area (Å²) in [7, 11) is 1.71. The molecule has 3 rings (SSSR count). The molecule has 3 heterocycles. The van der Waals surface area contributed by atoms with E-state index in [0.29, 0.717) is 25.7 Å². The molecule has 96 valence electrons. The number of hydrogen-bond acceptors (Lipinski definition) is 5. The van der Waals surface area contributed by atoms with Gasteiger partial charge in [0.15, 0.2) is 5.65 Å². The zero-order chi connectivity index (χ0) is 12.6. The average Bonchev–Trinajstić information content (AvgIpc) is 2.97. The maximum absolute atomic E-state index is 5.96. The van der Waals surface area contributed by atoms with Crippen molar-refractivity contribution in [3.8, 4) is 0 Å². The second-order valence-electron chi connectivity index (χ2n) is 4.59. The van der Waals surface area contributed by atoms with Gasteiger partial charge in [0.25, 0.3) is 0 Å². The van der Waals surface area contributed by atoms with Crippen molar-refractivity contribution in [3.05, 3.63) is 18.3 Å². The molecular formula is C12H16N4O2. The van der Waals surface area contributed by atoms with Crippen LogP contribution in [-0.4, -0.2) is 40.5 Å². The Balaban J connectivity index is 2.01. The highest BCUT2D eigenvalue weighted by Gasteiger charge is 2.36. The maximum atomic E-state index is 5.96. The van der Waals surface area contributed by atoms with Gasteiger partial charge in [-0.15, -0.1) is 0 Å². The summed E-state index contributed by atoms with van der Waals surface area (Å²) in [5.41, 5.74) is 7.24. The van der Waals surface area contributed by atoms with Crippen molar-refractivity contribution in [2.24, 2.45) is 0 Å². The van der Waals surface area contributed by atoms with Gasteiger partial charge in [0.1, 0.15) is 11.1 Å². The summed E-state index contributed by atoms with van der Waals surface area (Å²) in [5.74, 6) is 0.465. The Hall–Kier alpha value is -1.66. The molecule has 0 bridgehead atoms. The summed E-state index contributed by atoms with van der Waals surface area (Å²) in [4.78, 5) is 8.64. The van der Waals surface area contributed by atoms with Gasteiger partial charge in [-0.05, 0) is 12.1 Å². The Morgan fingerprint density at radius 2 is 2.50 bits per heavy atom. The van der Waals surface area contributed by atoms with E-state index < -0.39 is 0 Å². The van der Waals surface area contributed by atoms with Gasteiger partial charge in [-0.3, -0.25) is 4.57 Å². The molecule has 0 spiro atoms. The fraction of sp³-hybridized carbons (Fsp3) is 0.500. The molecule has 2 N–H and O–H groups in total. The van der Waals surface area contributed by atoms with E-state index in [0.717, 1.165) is 17.6 Å². The third-order valence-corrected chi connectivity index (χ3v) is 3.48. The number of ether oxygens (including phenoxy) is 2. The first-order valence-electron chi connectivity index (χ1n) is 5.94. The molecule has 6 nitrogen and oxygen atoms in total. The van der Waals surface area contributed by atoms with Crippen LogP contribution in [-0.2, 0) is 16.0 Å². The van der Waals surface area contributed by atoms with Crippen molar-refractivity contribution in [1.29, 1.82) is 0 Å². The van der Waals surface area contributed by atoms with Crippen LogP contribution in [0.25, 0.3) is 11.2 Å². The summed E-state index contributed by atoms with van der Waals surface area (Å²) in [6, 6.07) is 3.75. The van der Waals surface area contributed by atoms with Crippen LogP contribution in [0.1, 0.15) is 6.42 Å². The molecular weight excluding hydrogens is 232 g/mol. The van der Waals surface area contributed by atoms with Gasteiger partial charge >= 0.3 is 0 Å². The number of nitrogens with zero attached hydrogens (tertiary/aromatic N) is 3. The predicted molar refractivity (Wildman–Crippen MR) is 67.1 cm³/mol. The van der Waals surface area contributed by atoms with Crippen LogP contribution in [0, 0.1) is 0 Å². The van der Waals surface area contributed by atoms with Crippen LogP contribution in [0.2, 0.25) is 0 Å². The van der Waals surface area contributed by atoms with Gasteiger partial charge in [0, 0.05) is 26.3 Å². The number of pyridine rings is 1. The summed E-state index contributed by atoms with van der Waals surface area (Å²) >= 11 is 0. The van der Waals surface area contributed by atoms with Gasteiger partial charge in [0.05, 0.1) is 13.2 Å².